The van der Waals surface area contributed by atoms with E-state index in [-0.39, 0.29) is 17.4 Å². The van der Waals surface area contributed by atoms with Crippen LogP contribution in [0.15, 0.2) is 24.3 Å². The third kappa shape index (κ3) is 4.35. The zero-order valence-corrected chi connectivity index (χ0v) is 18.3. The molecule has 0 spiro atoms. The quantitative estimate of drug-likeness (QED) is 0.706. The highest BCUT2D eigenvalue weighted by molar-refractivity contribution is 6.11. The topological polar surface area (TPSA) is 80.6 Å². The number of nitrogens with zero attached hydrogens (tertiary/aromatic N) is 2. The number of hydrogen-bond donors (Lipinski definition) is 1. The van der Waals surface area contributed by atoms with Gasteiger partial charge in [-0.3, -0.25) is 14.5 Å². The van der Waals surface area contributed by atoms with Crippen molar-refractivity contribution in [3.8, 4) is 0 Å². The Morgan fingerprint density at radius 3 is 2.34 bits per heavy atom. The first kappa shape index (κ1) is 23.4. The van der Waals surface area contributed by atoms with E-state index in [1.165, 1.54) is 6.92 Å². The number of alkyl halides is 3. The molecule has 0 saturated carbocycles. The smallest absolute Gasteiger partial charge is 0.416 e. The van der Waals surface area contributed by atoms with E-state index in [0.717, 1.165) is 28.8 Å². The largest absolute Gasteiger partial charge is 0.449 e. The molecule has 1 N–H and O–H groups in total. The Balaban J connectivity index is 1.83. The van der Waals surface area contributed by atoms with Gasteiger partial charge in [-0.1, -0.05) is 0 Å². The summed E-state index contributed by atoms with van der Waals surface area (Å²) in [7, 11) is 0. The highest BCUT2D eigenvalue weighted by Crippen LogP contribution is 2.37. The fraction of sp³-hybridized carbons (Fsp3) is 0.409. The molecule has 1 aliphatic rings. The molecule has 10 heteroatoms. The molecule has 1 aliphatic heterocycles. The Labute approximate surface area is 183 Å². The molecule has 7 nitrogen and oxygen atoms in total. The van der Waals surface area contributed by atoms with E-state index in [9.17, 15) is 27.6 Å². The van der Waals surface area contributed by atoms with Crippen molar-refractivity contribution in [3.05, 3.63) is 46.8 Å². The lowest BCUT2D eigenvalue weighted by Gasteiger charge is -2.31. The van der Waals surface area contributed by atoms with Gasteiger partial charge in [0.05, 0.1) is 22.5 Å². The fourth-order valence-corrected chi connectivity index (χ4v) is 3.94. The number of nitrogens with one attached hydrogen (secondary N) is 1. The number of carbonyl (C=O) groups is 3. The summed E-state index contributed by atoms with van der Waals surface area (Å²) in [6, 6.07) is 4.51. The van der Waals surface area contributed by atoms with E-state index in [0.29, 0.717) is 11.3 Å². The second-order valence-corrected chi connectivity index (χ2v) is 8.00. The van der Waals surface area contributed by atoms with Gasteiger partial charge in [0.2, 0.25) is 5.91 Å². The second-order valence-electron chi connectivity index (χ2n) is 8.00. The maximum atomic E-state index is 13.0. The molecule has 172 valence electrons. The molecule has 0 saturated heterocycles. The number of amides is 2. The lowest BCUT2D eigenvalue weighted by Crippen LogP contribution is -2.47. The first-order valence-electron chi connectivity index (χ1n) is 10.0. The summed E-state index contributed by atoms with van der Waals surface area (Å²) in [4.78, 5) is 38.7. The molecular formula is C22H24F3N3O4. The third-order valence-corrected chi connectivity index (χ3v) is 5.31. The van der Waals surface area contributed by atoms with Crippen LogP contribution in [0.4, 0.5) is 24.5 Å². The average Bonchev–Trinajstić information content (AvgIpc) is 2.99. The molecule has 0 unspecified atom stereocenters. The first-order valence-corrected chi connectivity index (χ1v) is 10.0. The summed E-state index contributed by atoms with van der Waals surface area (Å²) in [6.07, 6.45) is -5.86. The van der Waals surface area contributed by atoms with Gasteiger partial charge < -0.3 is 14.6 Å². The van der Waals surface area contributed by atoms with Crippen molar-refractivity contribution >= 4 is 29.2 Å². The summed E-state index contributed by atoms with van der Waals surface area (Å²) in [5.74, 6) is -2.06. The van der Waals surface area contributed by atoms with Crippen LogP contribution in [0, 0.1) is 13.8 Å². The van der Waals surface area contributed by atoms with Crippen LogP contribution in [0.25, 0.3) is 0 Å². The highest BCUT2D eigenvalue weighted by Gasteiger charge is 2.36. The zero-order chi connectivity index (χ0) is 24.0. The predicted molar refractivity (Wildman–Crippen MR) is 112 cm³/mol. The summed E-state index contributed by atoms with van der Waals surface area (Å²) in [6.45, 7) is 8.55. The van der Waals surface area contributed by atoms with Crippen molar-refractivity contribution in [2.45, 2.75) is 52.9 Å². The fourth-order valence-electron chi connectivity index (χ4n) is 3.94. The standard InChI is InChI=1S/C22H24F3N3O4/c1-11(2)28-12(3)8-16(13(28)4)21(31)32-14(5)20(30)27-10-19(29)26-17-9-15(22(23,24)25)6-7-18(17)27/h6-9,11,14H,10H2,1-5H3,(H,26,29)/t14-/m0/s1. The maximum Gasteiger partial charge on any atom is 0.416 e. The van der Waals surface area contributed by atoms with Gasteiger partial charge in [-0.25, -0.2) is 4.79 Å². The molecule has 32 heavy (non-hydrogen) atoms. The van der Waals surface area contributed by atoms with E-state index in [2.05, 4.69) is 5.32 Å². The van der Waals surface area contributed by atoms with Gasteiger partial charge in [-0.2, -0.15) is 13.2 Å². The number of aromatic nitrogens is 1. The summed E-state index contributed by atoms with van der Waals surface area (Å²) in [5.41, 5.74) is 0.898. The van der Waals surface area contributed by atoms with Crippen molar-refractivity contribution in [2.24, 2.45) is 0 Å². The normalized spacial score (nSPS) is 14.8. The van der Waals surface area contributed by atoms with Crippen LogP contribution < -0.4 is 10.2 Å². The van der Waals surface area contributed by atoms with Crippen molar-refractivity contribution < 1.29 is 32.3 Å². The number of fused-ring (bicyclic) bond motifs is 1. The van der Waals surface area contributed by atoms with Crippen molar-refractivity contribution in [3.63, 3.8) is 0 Å². The molecule has 1 atom stereocenters. The number of aryl methyl sites for hydroxylation is 1. The summed E-state index contributed by atoms with van der Waals surface area (Å²) in [5, 5.41) is 2.35. The van der Waals surface area contributed by atoms with E-state index < -0.39 is 42.2 Å². The Bertz CT molecular complexity index is 1090. The molecule has 1 aromatic carbocycles. The molecule has 2 heterocycles. The molecule has 0 aliphatic carbocycles. The van der Waals surface area contributed by atoms with Crippen molar-refractivity contribution in [2.75, 3.05) is 16.8 Å². The van der Waals surface area contributed by atoms with E-state index in [1.54, 1.807) is 13.0 Å². The Hall–Kier alpha value is -3.30. The van der Waals surface area contributed by atoms with E-state index in [1.807, 2.05) is 25.3 Å². The minimum atomic E-state index is -4.60. The third-order valence-electron chi connectivity index (χ3n) is 5.31. The minimum absolute atomic E-state index is 0.100. The number of benzene rings is 1. The number of rotatable bonds is 4. The summed E-state index contributed by atoms with van der Waals surface area (Å²) >= 11 is 0. The number of anilines is 2. The molecule has 2 amide bonds. The molecule has 0 bridgehead atoms. The van der Waals surface area contributed by atoms with Crippen LogP contribution in [0.2, 0.25) is 0 Å². The number of carbonyl (C=O) groups excluding carboxylic acids is 3. The highest BCUT2D eigenvalue weighted by atomic mass is 19.4. The first-order chi connectivity index (χ1) is 14.8. The van der Waals surface area contributed by atoms with Gasteiger partial charge in [0.25, 0.3) is 5.91 Å². The van der Waals surface area contributed by atoms with Crippen LogP contribution >= 0.6 is 0 Å². The lowest BCUT2D eigenvalue weighted by molar-refractivity contribution is -0.137. The van der Waals surface area contributed by atoms with Crippen LogP contribution in [-0.2, 0) is 20.5 Å². The van der Waals surface area contributed by atoms with Crippen LogP contribution in [0.5, 0.6) is 0 Å². The number of ether oxygens (including phenoxy) is 1. The van der Waals surface area contributed by atoms with Crippen molar-refractivity contribution in [1.29, 1.82) is 0 Å². The van der Waals surface area contributed by atoms with Crippen LogP contribution in [-0.4, -0.2) is 35.0 Å². The minimum Gasteiger partial charge on any atom is -0.449 e. The van der Waals surface area contributed by atoms with Gasteiger partial charge in [0.15, 0.2) is 6.10 Å². The van der Waals surface area contributed by atoms with Gasteiger partial charge >= 0.3 is 12.1 Å². The second kappa shape index (κ2) is 8.33. The predicted octanol–water partition coefficient (Wildman–Crippen LogP) is 4.24. The number of esters is 1. The summed E-state index contributed by atoms with van der Waals surface area (Å²) < 4.78 is 46.3. The van der Waals surface area contributed by atoms with E-state index >= 15 is 0 Å². The van der Waals surface area contributed by atoms with Gasteiger partial charge in [-0.05, 0) is 58.9 Å². The molecule has 3 rings (SSSR count). The Morgan fingerprint density at radius 2 is 1.78 bits per heavy atom. The lowest BCUT2D eigenvalue weighted by atomic mass is 10.1. The Kier molecular flexibility index (Phi) is 6.08. The van der Waals surface area contributed by atoms with Crippen LogP contribution in [0.3, 0.4) is 0 Å². The average molecular weight is 451 g/mol. The molecule has 1 aromatic heterocycles. The monoisotopic (exact) mass is 451 g/mol. The number of halogens is 3. The molecule has 2 aromatic rings. The zero-order valence-electron chi connectivity index (χ0n) is 18.3. The molecular weight excluding hydrogens is 427 g/mol. The molecule has 0 fully saturated rings. The maximum absolute atomic E-state index is 13.0. The Morgan fingerprint density at radius 1 is 1.12 bits per heavy atom. The van der Waals surface area contributed by atoms with Crippen molar-refractivity contribution in [1.82, 2.24) is 4.57 Å². The molecule has 0 radical (unpaired) electrons. The number of hydrogen-bond acceptors (Lipinski definition) is 4. The van der Waals surface area contributed by atoms with Crippen LogP contribution in [0.1, 0.15) is 54.1 Å². The van der Waals surface area contributed by atoms with Gasteiger partial charge in [0.1, 0.15) is 6.54 Å². The van der Waals surface area contributed by atoms with E-state index in [4.69, 9.17) is 4.74 Å². The SMILES string of the molecule is Cc1cc(C(=O)O[C@@H](C)C(=O)N2CC(=O)Nc3cc(C(F)(F)F)ccc32)c(C)n1C(C)C. The van der Waals surface area contributed by atoms with Gasteiger partial charge in [0, 0.05) is 17.4 Å². The van der Waals surface area contributed by atoms with Gasteiger partial charge in [-0.15, -0.1) is 0 Å².